The summed E-state index contributed by atoms with van der Waals surface area (Å²) < 4.78 is 95.2. The van der Waals surface area contributed by atoms with E-state index in [1.165, 1.54) is 42.5 Å². The van der Waals surface area contributed by atoms with Crippen molar-refractivity contribution in [3.05, 3.63) is 65.2 Å². The Morgan fingerprint density at radius 3 is 2.23 bits per heavy atom. The van der Waals surface area contributed by atoms with E-state index >= 15 is 0 Å². The van der Waals surface area contributed by atoms with E-state index in [2.05, 4.69) is 4.99 Å². The van der Waals surface area contributed by atoms with Crippen LogP contribution in [0, 0.1) is 0 Å². The second-order valence-corrected chi connectivity index (χ2v) is 6.60. The van der Waals surface area contributed by atoms with E-state index in [-0.39, 0.29) is 24.0 Å². The summed E-state index contributed by atoms with van der Waals surface area (Å²) >= 11 is 0. The molecule has 30 heavy (non-hydrogen) atoms. The Hall–Kier alpha value is -3.17. The molecule has 4 nitrogen and oxygen atoms in total. The molecule has 0 saturated carbocycles. The van der Waals surface area contributed by atoms with Crippen LogP contribution in [0.2, 0.25) is 0 Å². The van der Waals surface area contributed by atoms with Gasteiger partial charge < -0.3 is 14.2 Å². The quantitative estimate of drug-likeness (QED) is 0.619. The average Bonchev–Trinajstić information content (AvgIpc) is 3.32. The monoisotopic (exact) mass is 429 g/mol. The molecule has 0 amide bonds. The summed E-state index contributed by atoms with van der Waals surface area (Å²) in [5, 5.41) is 0. The van der Waals surface area contributed by atoms with Crippen molar-refractivity contribution in [3.8, 4) is 11.5 Å². The standard InChI is InChI=1S/C20H13F6NO3/c21-19(22,23)13-4-1-12(2-5-13)3-8-17-27-10-18(30-17,20(24,25)26)14-6-7-15-16(9-14)29-11-28-15/h1-9H,10-11H2/b8-3+. The molecule has 10 heteroatoms. The van der Waals surface area contributed by atoms with Crippen molar-refractivity contribution in [3.63, 3.8) is 0 Å². The zero-order valence-electron chi connectivity index (χ0n) is 15.1. The molecule has 2 heterocycles. The van der Waals surface area contributed by atoms with Crippen molar-refractivity contribution in [1.82, 2.24) is 0 Å². The highest BCUT2D eigenvalue weighted by Gasteiger charge is 2.61. The Morgan fingerprint density at radius 2 is 1.57 bits per heavy atom. The average molecular weight is 429 g/mol. The first kappa shape index (κ1) is 20.1. The Labute approximate surface area is 166 Å². The molecule has 2 aromatic rings. The number of rotatable bonds is 3. The van der Waals surface area contributed by atoms with Crippen molar-refractivity contribution in [1.29, 1.82) is 0 Å². The fraction of sp³-hybridized carbons (Fsp3) is 0.250. The number of alkyl halides is 6. The van der Waals surface area contributed by atoms with Gasteiger partial charge in [0, 0.05) is 11.6 Å². The third-order valence-corrected chi connectivity index (χ3v) is 4.69. The predicted octanol–water partition coefficient (Wildman–Crippen LogP) is 5.33. The molecule has 0 fully saturated rings. The first-order valence-corrected chi connectivity index (χ1v) is 8.64. The molecule has 1 unspecified atom stereocenters. The molecule has 4 rings (SSSR count). The van der Waals surface area contributed by atoms with Gasteiger partial charge in [-0.2, -0.15) is 26.3 Å². The van der Waals surface area contributed by atoms with Crippen LogP contribution in [-0.2, 0) is 16.5 Å². The van der Waals surface area contributed by atoms with E-state index in [1.807, 2.05) is 0 Å². The van der Waals surface area contributed by atoms with Gasteiger partial charge in [0.05, 0.1) is 12.1 Å². The van der Waals surface area contributed by atoms with Gasteiger partial charge >= 0.3 is 12.4 Å². The lowest BCUT2D eigenvalue weighted by atomic mass is 9.93. The van der Waals surface area contributed by atoms with E-state index in [4.69, 9.17) is 14.2 Å². The number of benzene rings is 2. The smallest absolute Gasteiger partial charge is 0.434 e. The van der Waals surface area contributed by atoms with Crippen LogP contribution in [0.5, 0.6) is 11.5 Å². The molecular weight excluding hydrogens is 416 g/mol. The number of aliphatic imine (C=N–C) groups is 1. The molecule has 0 aliphatic carbocycles. The Bertz CT molecular complexity index is 1010. The Morgan fingerprint density at radius 1 is 0.867 bits per heavy atom. The second kappa shape index (κ2) is 6.96. The van der Waals surface area contributed by atoms with Crippen molar-refractivity contribution in [2.24, 2.45) is 4.99 Å². The van der Waals surface area contributed by atoms with Crippen LogP contribution in [0.3, 0.4) is 0 Å². The van der Waals surface area contributed by atoms with Crippen LogP contribution in [0.1, 0.15) is 16.7 Å². The van der Waals surface area contributed by atoms with Gasteiger partial charge in [0.2, 0.25) is 18.3 Å². The molecule has 2 aliphatic rings. The van der Waals surface area contributed by atoms with Gasteiger partial charge in [0.25, 0.3) is 0 Å². The number of hydrogen-bond acceptors (Lipinski definition) is 4. The molecular formula is C20H13F6NO3. The predicted molar refractivity (Wildman–Crippen MR) is 94.2 cm³/mol. The zero-order chi connectivity index (χ0) is 21.6. The molecule has 0 radical (unpaired) electrons. The number of hydrogen-bond donors (Lipinski definition) is 0. The maximum absolute atomic E-state index is 13.9. The summed E-state index contributed by atoms with van der Waals surface area (Å²) in [5.74, 6) is 0.218. The van der Waals surface area contributed by atoms with Crippen LogP contribution in [0.15, 0.2) is 53.5 Å². The summed E-state index contributed by atoms with van der Waals surface area (Å²) in [5.41, 5.74) is -3.37. The molecule has 0 aromatic heterocycles. The highest BCUT2D eigenvalue weighted by Crippen LogP contribution is 2.47. The molecule has 0 bridgehead atoms. The third kappa shape index (κ3) is 3.57. The molecule has 0 N–H and O–H groups in total. The van der Waals surface area contributed by atoms with E-state index in [0.29, 0.717) is 11.3 Å². The molecule has 2 aromatic carbocycles. The lowest BCUT2D eigenvalue weighted by molar-refractivity contribution is -0.249. The van der Waals surface area contributed by atoms with Gasteiger partial charge in [0.1, 0.15) is 0 Å². The summed E-state index contributed by atoms with van der Waals surface area (Å²) in [6.45, 7) is -0.793. The van der Waals surface area contributed by atoms with Crippen molar-refractivity contribution in [2.45, 2.75) is 18.0 Å². The Balaban J connectivity index is 1.56. The first-order chi connectivity index (χ1) is 14.1. The zero-order valence-corrected chi connectivity index (χ0v) is 15.1. The summed E-state index contributed by atoms with van der Waals surface area (Å²) in [7, 11) is 0. The maximum atomic E-state index is 13.9. The van der Waals surface area contributed by atoms with Crippen molar-refractivity contribution < 1.29 is 40.6 Å². The lowest BCUT2D eigenvalue weighted by Crippen LogP contribution is -2.45. The second-order valence-electron chi connectivity index (χ2n) is 6.60. The number of nitrogens with zero attached hydrogens (tertiary/aromatic N) is 1. The molecule has 1 atom stereocenters. The van der Waals surface area contributed by atoms with Crippen LogP contribution in [-0.4, -0.2) is 25.4 Å². The van der Waals surface area contributed by atoms with Gasteiger partial charge in [-0.3, -0.25) is 0 Å². The number of fused-ring (bicyclic) bond motifs is 1. The third-order valence-electron chi connectivity index (χ3n) is 4.69. The summed E-state index contributed by atoms with van der Waals surface area (Å²) in [6.07, 6.45) is -6.75. The highest BCUT2D eigenvalue weighted by atomic mass is 19.4. The lowest BCUT2D eigenvalue weighted by Gasteiger charge is -2.30. The van der Waals surface area contributed by atoms with Gasteiger partial charge in [-0.05, 0) is 35.9 Å². The van der Waals surface area contributed by atoms with Crippen LogP contribution in [0.25, 0.3) is 6.08 Å². The van der Waals surface area contributed by atoms with Crippen LogP contribution < -0.4 is 9.47 Å². The first-order valence-electron chi connectivity index (χ1n) is 8.64. The van der Waals surface area contributed by atoms with E-state index in [9.17, 15) is 26.3 Å². The summed E-state index contributed by atoms with van der Waals surface area (Å²) in [4.78, 5) is 3.83. The van der Waals surface area contributed by atoms with Gasteiger partial charge in [0.15, 0.2) is 11.5 Å². The summed E-state index contributed by atoms with van der Waals surface area (Å²) in [6, 6.07) is 7.96. The van der Waals surface area contributed by atoms with Crippen LogP contribution >= 0.6 is 0 Å². The fourth-order valence-corrected chi connectivity index (χ4v) is 3.08. The van der Waals surface area contributed by atoms with Gasteiger partial charge in [-0.15, -0.1) is 0 Å². The maximum Gasteiger partial charge on any atom is 0.434 e. The highest BCUT2D eigenvalue weighted by molar-refractivity contribution is 5.93. The largest absolute Gasteiger partial charge is 0.455 e. The number of halogens is 6. The van der Waals surface area contributed by atoms with Gasteiger partial charge in [-0.1, -0.05) is 18.2 Å². The minimum absolute atomic E-state index is 0.0870. The number of ether oxygens (including phenoxy) is 3. The minimum Gasteiger partial charge on any atom is -0.455 e. The SMILES string of the molecule is FC(F)(F)c1ccc(/C=C/C2=NCC(c3ccc4c(c3)OCO4)(C(F)(F)F)O2)cc1. The van der Waals surface area contributed by atoms with E-state index in [1.54, 1.807) is 0 Å². The fourth-order valence-electron chi connectivity index (χ4n) is 3.08. The topological polar surface area (TPSA) is 40.0 Å². The Kier molecular flexibility index (Phi) is 4.67. The van der Waals surface area contributed by atoms with Crippen molar-refractivity contribution in [2.75, 3.05) is 13.3 Å². The molecule has 2 aliphatic heterocycles. The van der Waals surface area contributed by atoms with Crippen LogP contribution in [0.4, 0.5) is 26.3 Å². The molecule has 0 saturated heterocycles. The minimum atomic E-state index is -4.78. The van der Waals surface area contributed by atoms with E-state index in [0.717, 1.165) is 12.1 Å². The molecule has 158 valence electrons. The van der Waals surface area contributed by atoms with Crippen molar-refractivity contribution >= 4 is 12.0 Å². The van der Waals surface area contributed by atoms with Gasteiger partial charge in [-0.25, -0.2) is 4.99 Å². The normalized spacial score (nSPS) is 21.1. The van der Waals surface area contributed by atoms with E-state index < -0.39 is 30.1 Å². The molecule has 0 spiro atoms.